The lowest BCUT2D eigenvalue weighted by atomic mass is 9.85. The predicted molar refractivity (Wildman–Crippen MR) is 111 cm³/mol. The molecule has 2 aliphatic carbocycles. The number of Topliss-reactive ketones (excluding diaryl/α,β-unsaturated/α-hetero) is 2. The van der Waals surface area contributed by atoms with E-state index in [2.05, 4.69) is 21.2 Å². The first kappa shape index (κ1) is 19.1. The molecule has 0 spiro atoms. The van der Waals surface area contributed by atoms with E-state index in [1.807, 2.05) is 18.2 Å². The summed E-state index contributed by atoms with van der Waals surface area (Å²) >= 11 is 9.43. The van der Waals surface area contributed by atoms with Gasteiger partial charge >= 0.3 is 0 Å². The van der Waals surface area contributed by atoms with Gasteiger partial charge in [-0.15, -0.1) is 0 Å². The molecule has 142 valence electrons. The number of hydrogen-bond acceptors (Lipinski definition) is 3. The number of hydrogen-bond donors (Lipinski definition) is 1. The maximum absolute atomic E-state index is 12.8. The van der Waals surface area contributed by atoms with E-state index in [-0.39, 0.29) is 29.3 Å². The molecule has 28 heavy (non-hydrogen) atoms. The maximum Gasteiger partial charge on any atom is 0.255 e. The van der Waals surface area contributed by atoms with Crippen LogP contribution in [0, 0.1) is 11.8 Å². The van der Waals surface area contributed by atoms with Crippen LogP contribution in [0.2, 0.25) is 0 Å². The van der Waals surface area contributed by atoms with E-state index < -0.39 is 5.92 Å². The number of anilines is 1. The number of carbonyl (C=O) groups is 3. The van der Waals surface area contributed by atoms with Gasteiger partial charge in [-0.05, 0) is 54.8 Å². The average molecular weight is 459 g/mol. The van der Waals surface area contributed by atoms with Crippen molar-refractivity contribution in [3.05, 3.63) is 75.2 Å². The molecule has 0 radical (unpaired) electrons. The molecule has 0 aromatic heterocycles. The number of halogens is 2. The molecule has 3 atom stereocenters. The molecule has 1 fully saturated rings. The van der Waals surface area contributed by atoms with Crippen LogP contribution in [0.25, 0.3) is 0 Å². The average Bonchev–Trinajstić information content (AvgIpc) is 2.93. The number of rotatable bonds is 3. The van der Waals surface area contributed by atoms with Crippen LogP contribution in [0.1, 0.15) is 34.7 Å². The van der Waals surface area contributed by atoms with Crippen LogP contribution in [-0.4, -0.2) is 17.5 Å². The van der Waals surface area contributed by atoms with Gasteiger partial charge in [0.15, 0.2) is 11.6 Å². The van der Waals surface area contributed by atoms with Gasteiger partial charge in [0.1, 0.15) is 5.92 Å². The first-order valence-electron chi connectivity index (χ1n) is 9.03. The van der Waals surface area contributed by atoms with Gasteiger partial charge in [-0.3, -0.25) is 14.4 Å². The molecule has 0 unspecified atom stereocenters. The molecule has 2 aromatic rings. The number of nitrogens with one attached hydrogen (secondary N) is 1. The molecule has 0 saturated heterocycles. The normalized spacial score (nSPS) is 23.9. The number of benzene rings is 2. The van der Waals surface area contributed by atoms with E-state index in [0.717, 1.165) is 4.47 Å². The Labute approximate surface area is 176 Å². The van der Waals surface area contributed by atoms with Crippen LogP contribution in [-0.2, 0) is 9.59 Å². The third kappa shape index (κ3) is 3.56. The zero-order chi connectivity index (χ0) is 19.8. The zero-order valence-corrected chi connectivity index (χ0v) is 17.2. The van der Waals surface area contributed by atoms with Crippen molar-refractivity contribution in [3.63, 3.8) is 0 Å². The fourth-order valence-corrected chi connectivity index (χ4v) is 4.45. The molecule has 6 heteroatoms. The molecule has 1 amide bonds. The quantitative estimate of drug-likeness (QED) is 0.652. The number of amides is 1. The summed E-state index contributed by atoms with van der Waals surface area (Å²) < 4.78 is 0.929. The van der Waals surface area contributed by atoms with Crippen molar-refractivity contribution < 1.29 is 14.4 Å². The Morgan fingerprint density at radius 3 is 2.29 bits per heavy atom. The molecular weight excluding hydrogens is 442 g/mol. The van der Waals surface area contributed by atoms with E-state index in [9.17, 15) is 14.4 Å². The molecule has 4 nitrogen and oxygen atoms in total. The highest BCUT2D eigenvalue weighted by Gasteiger charge is 2.50. The van der Waals surface area contributed by atoms with Crippen LogP contribution < -0.4 is 5.32 Å². The summed E-state index contributed by atoms with van der Waals surface area (Å²) in [6.07, 6.45) is 2.81. The molecule has 1 N–H and O–H groups in total. The molecule has 0 bridgehead atoms. The first-order chi connectivity index (χ1) is 13.4. The van der Waals surface area contributed by atoms with Crippen molar-refractivity contribution in [1.29, 1.82) is 0 Å². The van der Waals surface area contributed by atoms with Gasteiger partial charge in [0, 0.05) is 32.6 Å². The summed E-state index contributed by atoms with van der Waals surface area (Å²) in [5, 5.41) is 3.48. The van der Waals surface area contributed by atoms with Gasteiger partial charge in [0.2, 0.25) is 0 Å². The summed E-state index contributed by atoms with van der Waals surface area (Å²) in [6, 6.07) is 14.0. The minimum absolute atomic E-state index is 0.0394. The molecular formula is C22H17BrClNO3. The Morgan fingerprint density at radius 1 is 0.964 bits per heavy atom. The lowest BCUT2D eigenvalue weighted by molar-refractivity contribution is -0.125. The van der Waals surface area contributed by atoms with Gasteiger partial charge in [-0.2, -0.15) is 0 Å². The number of allylic oxidation sites excluding steroid dienone is 2. The fraction of sp³-hybridized carbons (Fsp3) is 0.227. The Kier molecular flexibility index (Phi) is 5.21. The predicted octanol–water partition coefficient (Wildman–Crippen LogP) is 5.09. The minimum atomic E-state index is -0.755. The van der Waals surface area contributed by atoms with E-state index in [1.165, 1.54) is 0 Å². The smallest absolute Gasteiger partial charge is 0.255 e. The third-order valence-corrected chi connectivity index (χ3v) is 6.24. The Balaban J connectivity index is 1.50. The standard InChI is InChI=1S/C22H17BrClNO3/c23-14-5-8-16(9-6-14)25-22(28)13-3-1-12(2-4-13)19-20(26)17-10-7-15(24)11-18(17)21(19)27/h1-9,17-19H,10-11H2,(H,25,28)/t17-,18-,19+/m0/s1. The Hall–Kier alpha value is -2.24. The van der Waals surface area contributed by atoms with Crippen molar-refractivity contribution in [2.75, 3.05) is 5.32 Å². The van der Waals surface area contributed by atoms with E-state index in [0.29, 0.717) is 34.7 Å². The highest BCUT2D eigenvalue weighted by Crippen LogP contribution is 2.44. The molecule has 0 heterocycles. The van der Waals surface area contributed by atoms with Gasteiger partial charge < -0.3 is 5.32 Å². The SMILES string of the molecule is O=C(Nc1ccc(Br)cc1)c1ccc([C@@H]2C(=O)[C@H]3CC=C(Cl)C[C@@H]3C2=O)cc1. The highest BCUT2D eigenvalue weighted by atomic mass is 79.9. The van der Waals surface area contributed by atoms with E-state index >= 15 is 0 Å². The number of ketones is 2. The molecule has 4 rings (SSSR count). The molecule has 0 aliphatic heterocycles. The van der Waals surface area contributed by atoms with Crippen molar-refractivity contribution in [1.82, 2.24) is 0 Å². The van der Waals surface area contributed by atoms with Crippen molar-refractivity contribution in [2.45, 2.75) is 18.8 Å². The zero-order valence-electron chi connectivity index (χ0n) is 14.8. The largest absolute Gasteiger partial charge is 0.322 e. The summed E-state index contributed by atoms with van der Waals surface area (Å²) in [5.74, 6) is -1.70. The lowest BCUT2D eigenvalue weighted by Crippen LogP contribution is -2.20. The van der Waals surface area contributed by atoms with E-state index in [1.54, 1.807) is 36.4 Å². The van der Waals surface area contributed by atoms with Gasteiger partial charge in [-0.1, -0.05) is 45.7 Å². The summed E-state index contributed by atoms with van der Waals surface area (Å²) in [5.41, 5.74) is 1.79. The second kappa shape index (κ2) is 7.64. The molecule has 1 saturated carbocycles. The Bertz CT molecular complexity index is 982. The van der Waals surface area contributed by atoms with Crippen molar-refractivity contribution in [3.8, 4) is 0 Å². The van der Waals surface area contributed by atoms with Crippen LogP contribution in [0.4, 0.5) is 5.69 Å². The van der Waals surface area contributed by atoms with Crippen molar-refractivity contribution >= 4 is 50.7 Å². The van der Waals surface area contributed by atoms with Crippen LogP contribution in [0.5, 0.6) is 0 Å². The van der Waals surface area contributed by atoms with Gasteiger partial charge in [0.25, 0.3) is 5.91 Å². The lowest BCUT2D eigenvalue weighted by Gasteiger charge is -2.19. The minimum Gasteiger partial charge on any atom is -0.322 e. The van der Waals surface area contributed by atoms with Crippen LogP contribution >= 0.6 is 27.5 Å². The monoisotopic (exact) mass is 457 g/mol. The summed E-state index contributed by atoms with van der Waals surface area (Å²) in [4.78, 5) is 38.0. The topological polar surface area (TPSA) is 63.2 Å². The molecule has 2 aromatic carbocycles. The summed E-state index contributed by atoms with van der Waals surface area (Å²) in [6.45, 7) is 0. The highest BCUT2D eigenvalue weighted by molar-refractivity contribution is 9.10. The number of fused-ring (bicyclic) bond motifs is 1. The van der Waals surface area contributed by atoms with Crippen LogP contribution in [0.3, 0.4) is 0 Å². The second-order valence-corrected chi connectivity index (χ2v) is 8.53. The Morgan fingerprint density at radius 2 is 1.61 bits per heavy atom. The van der Waals surface area contributed by atoms with Crippen LogP contribution in [0.15, 0.2) is 64.1 Å². The molecule has 2 aliphatic rings. The third-order valence-electron chi connectivity index (χ3n) is 5.40. The van der Waals surface area contributed by atoms with Gasteiger partial charge in [-0.25, -0.2) is 0 Å². The fourth-order valence-electron chi connectivity index (χ4n) is 3.93. The second-order valence-electron chi connectivity index (χ2n) is 7.12. The van der Waals surface area contributed by atoms with Crippen molar-refractivity contribution in [2.24, 2.45) is 11.8 Å². The number of carbonyl (C=O) groups excluding carboxylic acids is 3. The summed E-state index contributed by atoms with van der Waals surface area (Å²) in [7, 11) is 0. The van der Waals surface area contributed by atoms with Gasteiger partial charge in [0.05, 0.1) is 0 Å². The van der Waals surface area contributed by atoms with E-state index in [4.69, 9.17) is 11.6 Å². The first-order valence-corrected chi connectivity index (χ1v) is 10.2. The maximum atomic E-state index is 12.8.